The molecule has 0 bridgehead atoms. The van der Waals surface area contributed by atoms with Gasteiger partial charge in [-0.05, 0) is 19.8 Å². The van der Waals surface area contributed by atoms with E-state index in [1.807, 2.05) is 6.92 Å². The Hall–Kier alpha value is -0.860. The zero-order chi connectivity index (χ0) is 14.8. The van der Waals surface area contributed by atoms with Crippen LogP contribution < -0.4 is 10.6 Å². The van der Waals surface area contributed by atoms with E-state index in [2.05, 4.69) is 46.5 Å². The van der Waals surface area contributed by atoms with Gasteiger partial charge < -0.3 is 15.2 Å². The van der Waals surface area contributed by atoms with Crippen molar-refractivity contribution >= 4 is 29.9 Å². The minimum atomic E-state index is 0. The molecule has 0 aromatic carbocycles. The zero-order valence-electron chi connectivity index (χ0n) is 13.5. The van der Waals surface area contributed by atoms with Crippen molar-refractivity contribution in [2.75, 3.05) is 19.6 Å². The van der Waals surface area contributed by atoms with Gasteiger partial charge in [0, 0.05) is 26.1 Å². The summed E-state index contributed by atoms with van der Waals surface area (Å²) < 4.78 is 5.08. The second-order valence-electron chi connectivity index (χ2n) is 4.81. The molecule has 1 heterocycles. The van der Waals surface area contributed by atoms with Crippen molar-refractivity contribution in [3.05, 3.63) is 11.7 Å². The van der Waals surface area contributed by atoms with E-state index in [1.54, 1.807) is 0 Å². The highest BCUT2D eigenvalue weighted by atomic mass is 127. The Balaban J connectivity index is 0.00000400. The average Bonchev–Trinajstić information content (AvgIpc) is 2.85. The fraction of sp³-hybridized carbons (Fsp3) is 0.786. The van der Waals surface area contributed by atoms with E-state index in [0.717, 1.165) is 25.6 Å². The van der Waals surface area contributed by atoms with Crippen LogP contribution in [0.5, 0.6) is 0 Å². The number of aromatic nitrogens is 2. The van der Waals surface area contributed by atoms with E-state index >= 15 is 0 Å². The lowest BCUT2D eigenvalue weighted by molar-refractivity contribution is 0.374. The molecule has 7 heteroatoms. The second kappa shape index (κ2) is 11.8. The van der Waals surface area contributed by atoms with E-state index in [-0.39, 0.29) is 24.0 Å². The molecule has 0 spiro atoms. The quantitative estimate of drug-likeness (QED) is 0.392. The summed E-state index contributed by atoms with van der Waals surface area (Å²) in [5.41, 5.74) is 0. The lowest BCUT2D eigenvalue weighted by Gasteiger charge is -2.13. The Morgan fingerprint density at radius 1 is 1.24 bits per heavy atom. The highest BCUT2D eigenvalue weighted by molar-refractivity contribution is 14.0. The number of aliphatic imine (C=N–C) groups is 1. The van der Waals surface area contributed by atoms with Gasteiger partial charge >= 0.3 is 0 Å². The maximum absolute atomic E-state index is 5.08. The molecule has 0 atom stereocenters. The fourth-order valence-corrected chi connectivity index (χ4v) is 1.84. The van der Waals surface area contributed by atoms with Gasteiger partial charge in [0.1, 0.15) is 0 Å². The molecule has 1 aromatic rings. The van der Waals surface area contributed by atoms with Crippen LogP contribution in [0, 0.1) is 12.8 Å². The van der Waals surface area contributed by atoms with E-state index in [9.17, 15) is 0 Å². The summed E-state index contributed by atoms with van der Waals surface area (Å²) in [5, 5.41) is 10.3. The summed E-state index contributed by atoms with van der Waals surface area (Å²) in [7, 11) is 0. The van der Waals surface area contributed by atoms with Crippen LogP contribution in [-0.4, -0.2) is 35.7 Å². The minimum absolute atomic E-state index is 0. The molecule has 1 rings (SSSR count). The number of nitrogens with zero attached hydrogens (tertiary/aromatic N) is 3. The SMILES string of the molecule is CCNC(=NCC(CC)CC)NCCc1nc(C)no1.I. The highest BCUT2D eigenvalue weighted by Crippen LogP contribution is 2.07. The van der Waals surface area contributed by atoms with Gasteiger partial charge in [-0.2, -0.15) is 4.98 Å². The molecule has 122 valence electrons. The molecule has 0 aliphatic carbocycles. The first kappa shape index (κ1) is 20.1. The first-order valence-electron chi connectivity index (χ1n) is 7.50. The third-order valence-corrected chi connectivity index (χ3v) is 3.21. The molecule has 0 fully saturated rings. The Kier molecular flexibility index (Phi) is 11.3. The van der Waals surface area contributed by atoms with Crippen molar-refractivity contribution < 1.29 is 4.52 Å². The van der Waals surface area contributed by atoms with Crippen molar-refractivity contribution in [1.29, 1.82) is 0 Å². The van der Waals surface area contributed by atoms with Crippen molar-refractivity contribution in [1.82, 2.24) is 20.8 Å². The van der Waals surface area contributed by atoms with Gasteiger partial charge in [-0.25, -0.2) is 0 Å². The van der Waals surface area contributed by atoms with Gasteiger partial charge in [-0.3, -0.25) is 4.99 Å². The second-order valence-corrected chi connectivity index (χ2v) is 4.81. The summed E-state index contributed by atoms with van der Waals surface area (Å²) >= 11 is 0. The summed E-state index contributed by atoms with van der Waals surface area (Å²) in [5.74, 6) is 2.85. The van der Waals surface area contributed by atoms with Gasteiger partial charge in [0.05, 0.1) is 0 Å². The number of aryl methyl sites for hydroxylation is 1. The van der Waals surface area contributed by atoms with Crippen molar-refractivity contribution in [2.45, 2.75) is 47.0 Å². The molecule has 0 amide bonds. The Bertz CT molecular complexity index is 404. The Labute approximate surface area is 144 Å². The molecular formula is C14H28IN5O. The van der Waals surface area contributed by atoms with Crippen molar-refractivity contribution in [3.8, 4) is 0 Å². The van der Waals surface area contributed by atoms with Gasteiger partial charge in [-0.1, -0.05) is 31.8 Å². The van der Waals surface area contributed by atoms with Crippen LogP contribution in [0.1, 0.15) is 45.3 Å². The van der Waals surface area contributed by atoms with Crippen molar-refractivity contribution in [3.63, 3.8) is 0 Å². The molecule has 0 radical (unpaired) electrons. The predicted molar refractivity (Wildman–Crippen MR) is 96.2 cm³/mol. The van der Waals surface area contributed by atoms with Crippen LogP contribution in [-0.2, 0) is 6.42 Å². The van der Waals surface area contributed by atoms with Crippen LogP contribution in [0.2, 0.25) is 0 Å². The monoisotopic (exact) mass is 409 g/mol. The Morgan fingerprint density at radius 3 is 2.48 bits per heavy atom. The average molecular weight is 409 g/mol. The van der Waals surface area contributed by atoms with E-state index < -0.39 is 0 Å². The lowest BCUT2D eigenvalue weighted by Crippen LogP contribution is -2.38. The number of halogens is 1. The lowest BCUT2D eigenvalue weighted by atomic mass is 10.0. The summed E-state index contributed by atoms with van der Waals surface area (Å²) in [6.07, 6.45) is 3.04. The highest BCUT2D eigenvalue weighted by Gasteiger charge is 2.05. The van der Waals surface area contributed by atoms with Crippen molar-refractivity contribution in [2.24, 2.45) is 10.9 Å². The maximum atomic E-state index is 5.08. The van der Waals surface area contributed by atoms with Crippen LogP contribution in [0.4, 0.5) is 0 Å². The van der Waals surface area contributed by atoms with Gasteiger partial charge in [0.25, 0.3) is 0 Å². The molecule has 2 N–H and O–H groups in total. The molecule has 21 heavy (non-hydrogen) atoms. The largest absolute Gasteiger partial charge is 0.357 e. The first-order valence-corrected chi connectivity index (χ1v) is 7.50. The smallest absolute Gasteiger partial charge is 0.228 e. The number of rotatable bonds is 8. The van der Waals surface area contributed by atoms with Crippen LogP contribution >= 0.6 is 24.0 Å². The number of hydrogen-bond donors (Lipinski definition) is 2. The summed E-state index contributed by atoms with van der Waals surface area (Å²) in [6, 6.07) is 0. The topological polar surface area (TPSA) is 75.3 Å². The fourth-order valence-electron chi connectivity index (χ4n) is 1.84. The number of hydrogen-bond acceptors (Lipinski definition) is 4. The minimum Gasteiger partial charge on any atom is -0.357 e. The van der Waals surface area contributed by atoms with Gasteiger partial charge in [0.2, 0.25) is 5.89 Å². The molecule has 0 aliphatic rings. The molecule has 1 aromatic heterocycles. The van der Waals surface area contributed by atoms with Gasteiger partial charge in [0.15, 0.2) is 11.8 Å². The third kappa shape index (κ3) is 8.23. The standard InChI is InChI=1S/C14H27N5O.HI/c1-5-12(6-2)10-17-14(15-7-3)16-9-8-13-18-11(4)19-20-13;/h12H,5-10H2,1-4H3,(H2,15,16,17);1H. The third-order valence-electron chi connectivity index (χ3n) is 3.21. The Morgan fingerprint density at radius 2 is 1.95 bits per heavy atom. The number of nitrogens with one attached hydrogen (secondary N) is 2. The normalized spacial score (nSPS) is 11.4. The molecule has 6 nitrogen and oxygen atoms in total. The molecule has 0 aliphatic heterocycles. The van der Waals surface area contributed by atoms with E-state index in [0.29, 0.717) is 24.1 Å². The number of guanidine groups is 1. The predicted octanol–water partition coefficient (Wildman–Crippen LogP) is 2.53. The zero-order valence-corrected chi connectivity index (χ0v) is 15.8. The van der Waals surface area contributed by atoms with Crippen LogP contribution in [0.15, 0.2) is 9.52 Å². The molecule has 0 saturated heterocycles. The van der Waals surface area contributed by atoms with Gasteiger partial charge in [-0.15, -0.1) is 24.0 Å². The summed E-state index contributed by atoms with van der Waals surface area (Å²) in [4.78, 5) is 8.80. The first-order chi connectivity index (χ1) is 9.69. The van der Waals surface area contributed by atoms with Crippen LogP contribution in [0.3, 0.4) is 0 Å². The molecular weight excluding hydrogens is 381 g/mol. The van der Waals surface area contributed by atoms with Crippen LogP contribution in [0.25, 0.3) is 0 Å². The summed E-state index contributed by atoms with van der Waals surface area (Å²) in [6.45, 7) is 10.8. The molecule has 0 unspecified atom stereocenters. The maximum Gasteiger partial charge on any atom is 0.228 e. The molecule has 0 saturated carbocycles. The van der Waals surface area contributed by atoms with E-state index in [4.69, 9.17) is 4.52 Å². The van der Waals surface area contributed by atoms with E-state index in [1.165, 1.54) is 12.8 Å².